The Bertz CT molecular complexity index is 2300. The fourth-order valence-electron chi connectivity index (χ4n) is 6.13. The Morgan fingerprint density at radius 2 is 1.26 bits per heavy atom. The molecule has 0 bridgehead atoms. The van der Waals surface area contributed by atoms with E-state index in [-0.39, 0.29) is 18.5 Å². The largest absolute Gasteiger partial charge is 0.480 e. The zero-order valence-electron chi connectivity index (χ0n) is 32.7. The van der Waals surface area contributed by atoms with Crippen molar-refractivity contribution in [2.45, 2.75) is 65.1 Å². The number of nitrogens with two attached hydrogens (primary N) is 2. The number of halogens is 2. The first-order valence-electron chi connectivity index (χ1n) is 18.4. The number of para-hydroxylation sites is 3. The normalized spacial score (nSPS) is 13.8. The SMILES string of the molecule is CCO.CCOC(=O)[C@@H](N)Cc1c[nH]c2ccccc12.CCOC(=O)[C@@H]1Cc2c([nH]c3ccccc23)C(C)=N1.N[C@@H](Cc1c[nH]c2ccccc12)C(=O)O.O=S(Cl)Cl. The van der Waals surface area contributed by atoms with E-state index >= 15 is 0 Å². The number of nitrogens with zero attached hydrogens (tertiary/aromatic N) is 1. The number of ether oxygens (including phenoxy) is 2. The Hall–Kier alpha value is -5.03. The fourth-order valence-corrected chi connectivity index (χ4v) is 6.13. The summed E-state index contributed by atoms with van der Waals surface area (Å²) in [6, 6.07) is 22.0. The van der Waals surface area contributed by atoms with Crippen LogP contribution < -0.4 is 11.5 Å². The van der Waals surface area contributed by atoms with E-state index in [2.05, 4.69) is 47.4 Å². The average Bonchev–Trinajstić information content (AvgIpc) is 3.91. The molecule has 1 aliphatic heterocycles. The summed E-state index contributed by atoms with van der Waals surface area (Å²) in [5, 5.41) is 19.6. The second-order valence-corrected chi connectivity index (χ2v) is 15.2. The number of carboxylic acid groups (broad SMARTS) is 1. The maximum absolute atomic E-state index is 11.9. The number of nitrogens with one attached hydrogen (secondary N) is 3. The second kappa shape index (κ2) is 24.0. The van der Waals surface area contributed by atoms with Gasteiger partial charge in [-0.05, 0) is 62.6 Å². The highest BCUT2D eigenvalue weighted by molar-refractivity contribution is 8.26. The summed E-state index contributed by atoms with van der Waals surface area (Å²) >= 11 is 0. The molecule has 0 radical (unpaired) electrons. The molecular formula is C41H50Cl2N6O8S. The molecule has 0 spiro atoms. The minimum Gasteiger partial charge on any atom is -0.480 e. The first kappa shape index (κ1) is 47.3. The molecular weight excluding hydrogens is 807 g/mol. The van der Waals surface area contributed by atoms with Crippen LogP contribution in [0.3, 0.4) is 0 Å². The van der Waals surface area contributed by atoms with E-state index in [9.17, 15) is 14.4 Å². The number of aromatic amines is 3. The molecule has 17 heteroatoms. The van der Waals surface area contributed by atoms with Crippen molar-refractivity contribution in [2.24, 2.45) is 16.5 Å². The number of aromatic nitrogens is 3. The molecule has 1 aliphatic rings. The highest BCUT2D eigenvalue weighted by atomic mass is 36.0. The summed E-state index contributed by atoms with van der Waals surface area (Å²) < 4.78 is 19.1. The lowest BCUT2D eigenvalue weighted by atomic mass is 9.98. The summed E-state index contributed by atoms with van der Waals surface area (Å²) in [6.45, 7) is 8.20. The number of hydrogen-bond donors (Lipinski definition) is 7. The van der Waals surface area contributed by atoms with Crippen molar-refractivity contribution in [1.29, 1.82) is 0 Å². The maximum Gasteiger partial charge on any atom is 0.331 e. The summed E-state index contributed by atoms with van der Waals surface area (Å²) in [4.78, 5) is 48.0. The first-order valence-corrected chi connectivity index (χ1v) is 21.2. The number of aliphatic carboxylic acids is 1. The highest BCUT2D eigenvalue weighted by Gasteiger charge is 2.28. The second-order valence-electron chi connectivity index (χ2n) is 12.6. The van der Waals surface area contributed by atoms with Gasteiger partial charge in [0.05, 0.1) is 24.6 Å². The molecule has 0 amide bonds. The van der Waals surface area contributed by atoms with Crippen LogP contribution in [-0.2, 0) is 52.3 Å². The molecule has 58 heavy (non-hydrogen) atoms. The smallest absolute Gasteiger partial charge is 0.331 e. The van der Waals surface area contributed by atoms with Crippen LogP contribution in [0.15, 0.2) is 90.2 Å². The molecule has 6 aromatic rings. The third-order valence-electron chi connectivity index (χ3n) is 8.62. The number of benzene rings is 3. The molecule has 4 heterocycles. The Morgan fingerprint density at radius 3 is 1.74 bits per heavy atom. The quantitative estimate of drug-likeness (QED) is 0.0639. The fraction of sp³-hybridized carbons (Fsp3) is 0.317. The molecule has 0 unspecified atom stereocenters. The summed E-state index contributed by atoms with van der Waals surface area (Å²) in [6.07, 6.45) is 5.15. The van der Waals surface area contributed by atoms with Crippen LogP contribution >= 0.6 is 21.4 Å². The van der Waals surface area contributed by atoms with Crippen molar-refractivity contribution in [2.75, 3.05) is 19.8 Å². The summed E-state index contributed by atoms with van der Waals surface area (Å²) in [5.74, 6) is -1.56. The van der Waals surface area contributed by atoms with Crippen LogP contribution in [0.5, 0.6) is 0 Å². The van der Waals surface area contributed by atoms with Crippen molar-refractivity contribution in [3.8, 4) is 0 Å². The van der Waals surface area contributed by atoms with Crippen molar-refractivity contribution in [1.82, 2.24) is 15.0 Å². The van der Waals surface area contributed by atoms with Gasteiger partial charge in [-0.3, -0.25) is 14.6 Å². The van der Waals surface area contributed by atoms with Gasteiger partial charge >= 0.3 is 17.9 Å². The van der Waals surface area contributed by atoms with Crippen LogP contribution in [0.25, 0.3) is 32.7 Å². The van der Waals surface area contributed by atoms with E-state index in [1.165, 1.54) is 10.9 Å². The van der Waals surface area contributed by atoms with Gasteiger partial charge in [-0.2, -0.15) is 0 Å². The van der Waals surface area contributed by atoms with E-state index in [4.69, 9.17) is 35.4 Å². The third kappa shape index (κ3) is 13.8. The summed E-state index contributed by atoms with van der Waals surface area (Å²) in [5.41, 5.74) is 19.5. The Balaban J connectivity index is 0.000000216. The zero-order valence-corrected chi connectivity index (χ0v) is 35.0. The third-order valence-corrected chi connectivity index (χ3v) is 8.62. The molecule has 0 saturated carbocycles. The molecule has 0 fully saturated rings. The number of aliphatic imine (C=N–C) groups is 1. The van der Waals surface area contributed by atoms with Crippen LogP contribution in [0.4, 0.5) is 0 Å². The predicted octanol–water partition coefficient (Wildman–Crippen LogP) is 6.23. The van der Waals surface area contributed by atoms with Crippen LogP contribution in [0, 0.1) is 0 Å². The van der Waals surface area contributed by atoms with Crippen molar-refractivity contribution >= 4 is 86.9 Å². The maximum atomic E-state index is 11.9. The minimum atomic E-state index is -1.67. The van der Waals surface area contributed by atoms with Crippen molar-refractivity contribution in [3.63, 3.8) is 0 Å². The standard InChI is InChI=1S/C15H16N2O2.C13H16N2O2.C11H12N2O2.C2H6O.Cl2OS/c1-3-19-15(18)13-8-11-10-6-4-5-7-12(10)17-14(11)9(2)16-13;1-2-17-13(16)11(14)7-9-8-15-12-6-4-3-5-10(9)12;12-9(11(14)15)5-7-6-13-10-4-2-1-3-8(7)10;1-2-3;1-4(2)3/h4-7,13,17H,3,8H2,1-2H3;3-6,8,11,15H,2,7,14H2,1H3;1-4,6,9,13H,5,12H2,(H,14,15);3H,2H2,1H3;/t13-;11-;9-;;/m000../s1. The number of hydrogen-bond acceptors (Lipinski definition) is 10. The Morgan fingerprint density at radius 1 is 0.810 bits per heavy atom. The van der Waals surface area contributed by atoms with Crippen molar-refractivity contribution < 1.29 is 38.3 Å². The molecule has 3 aromatic heterocycles. The van der Waals surface area contributed by atoms with Gasteiger partial charge in [0, 0.05) is 92.3 Å². The number of carbonyl (C=O) groups excluding carboxylic acids is 2. The number of fused-ring (bicyclic) bond motifs is 5. The van der Waals surface area contributed by atoms with E-state index in [1.54, 1.807) is 13.8 Å². The molecule has 0 aliphatic carbocycles. The molecule has 312 valence electrons. The lowest BCUT2D eigenvalue weighted by Crippen LogP contribution is -2.34. The van der Waals surface area contributed by atoms with Gasteiger partial charge in [0.25, 0.3) is 0 Å². The number of carbonyl (C=O) groups is 3. The van der Waals surface area contributed by atoms with E-state index in [0.717, 1.165) is 49.9 Å². The average molecular weight is 858 g/mol. The number of rotatable bonds is 9. The number of carboxylic acids is 1. The van der Waals surface area contributed by atoms with Gasteiger partial charge in [-0.25, -0.2) is 9.00 Å². The van der Waals surface area contributed by atoms with Gasteiger partial charge < -0.3 is 46.1 Å². The summed E-state index contributed by atoms with van der Waals surface area (Å²) in [7, 11) is 7.36. The number of esters is 2. The van der Waals surface area contributed by atoms with Gasteiger partial charge in [-0.15, -0.1) is 0 Å². The molecule has 0 saturated heterocycles. The van der Waals surface area contributed by atoms with Crippen molar-refractivity contribution in [3.05, 3.63) is 108 Å². The van der Waals surface area contributed by atoms with Gasteiger partial charge in [-0.1, -0.05) is 54.6 Å². The molecule has 3 atom stereocenters. The Kier molecular flexibility index (Phi) is 19.6. The topological polar surface area (TPSA) is 239 Å². The number of aliphatic hydroxyl groups is 1. The zero-order chi connectivity index (χ0) is 42.8. The lowest BCUT2D eigenvalue weighted by Gasteiger charge is -2.18. The molecule has 7 rings (SSSR count). The van der Waals surface area contributed by atoms with Crippen LogP contribution in [-0.4, -0.2) is 90.9 Å². The van der Waals surface area contributed by atoms with Crippen LogP contribution in [0.2, 0.25) is 0 Å². The minimum absolute atomic E-state index is 0.238. The first-order chi connectivity index (χ1) is 27.8. The number of aliphatic hydroxyl groups excluding tert-OH is 1. The van der Waals surface area contributed by atoms with Gasteiger partial charge in [0.1, 0.15) is 12.1 Å². The molecule has 14 nitrogen and oxygen atoms in total. The number of H-pyrrole nitrogens is 3. The van der Waals surface area contributed by atoms with E-state index < -0.39 is 33.3 Å². The molecule has 9 N–H and O–H groups in total. The monoisotopic (exact) mass is 856 g/mol. The lowest BCUT2D eigenvalue weighted by molar-refractivity contribution is -0.145. The van der Waals surface area contributed by atoms with Gasteiger partial charge in [0.15, 0.2) is 6.04 Å². The van der Waals surface area contributed by atoms with E-state index in [1.807, 2.05) is 93.0 Å². The highest BCUT2D eigenvalue weighted by Crippen LogP contribution is 2.28. The Labute approximate surface area is 347 Å². The molecule has 3 aromatic carbocycles. The van der Waals surface area contributed by atoms with E-state index in [0.29, 0.717) is 32.5 Å². The predicted molar refractivity (Wildman–Crippen MR) is 231 cm³/mol. The van der Waals surface area contributed by atoms with Crippen LogP contribution in [0.1, 0.15) is 50.1 Å². The van der Waals surface area contributed by atoms with Gasteiger partial charge in [0.2, 0.25) is 9.23 Å².